The van der Waals surface area contributed by atoms with Crippen LogP contribution in [0.2, 0.25) is 0 Å². The zero-order valence-corrected chi connectivity index (χ0v) is 9.54. The number of hydrogen-bond donors (Lipinski definition) is 1. The van der Waals surface area contributed by atoms with Gasteiger partial charge in [0.05, 0.1) is 12.1 Å². The summed E-state index contributed by atoms with van der Waals surface area (Å²) in [6.07, 6.45) is -0.267. The van der Waals surface area contributed by atoms with Crippen LogP contribution in [0.4, 0.5) is 4.79 Å². The van der Waals surface area contributed by atoms with Crippen molar-refractivity contribution in [2.24, 2.45) is 5.16 Å². The summed E-state index contributed by atoms with van der Waals surface area (Å²) in [7, 11) is 0. The van der Waals surface area contributed by atoms with Crippen molar-refractivity contribution in [3.63, 3.8) is 0 Å². The molecule has 0 bridgehead atoms. The number of oxime groups is 1. The van der Waals surface area contributed by atoms with E-state index in [1.165, 1.54) is 4.90 Å². The molecule has 1 amide bonds. The number of carboxylic acid groups (broad SMARTS) is 1. The molecule has 6 heteroatoms. The quantitative estimate of drug-likeness (QED) is 0.722. The molecule has 0 radical (unpaired) electrons. The first-order valence-electron chi connectivity index (χ1n) is 4.30. The zero-order chi connectivity index (χ0) is 10.6. The van der Waals surface area contributed by atoms with Crippen LogP contribution >= 0.6 is 15.9 Å². The van der Waals surface area contributed by atoms with E-state index in [9.17, 15) is 4.79 Å². The lowest BCUT2D eigenvalue weighted by molar-refractivity contribution is -0.200. The van der Waals surface area contributed by atoms with E-state index in [0.717, 1.165) is 4.62 Å². The summed E-state index contributed by atoms with van der Waals surface area (Å²) in [5.41, 5.74) is -0.984. The molecule has 1 atom stereocenters. The summed E-state index contributed by atoms with van der Waals surface area (Å²) in [4.78, 5) is 17.5. The lowest BCUT2D eigenvalue weighted by atomic mass is 9.71. The molecule has 0 aliphatic carbocycles. The van der Waals surface area contributed by atoms with Crippen LogP contribution in [0.5, 0.6) is 0 Å². The molecule has 1 saturated heterocycles. The summed E-state index contributed by atoms with van der Waals surface area (Å²) in [6, 6.07) is 0. The van der Waals surface area contributed by atoms with E-state index in [2.05, 4.69) is 21.1 Å². The molecule has 2 heterocycles. The second-order valence-electron chi connectivity index (χ2n) is 4.16. The summed E-state index contributed by atoms with van der Waals surface area (Å²) < 4.78 is 0.746. The molecular weight excluding hydrogens is 252 g/mol. The highest BCUT2D eigenvalue weighted by atomic mass is 79.9. The van der Waals surface area contributed by atoms with Crippen LogP contribution in [0.25, 0.3) is 0 Å². The summed E-state index contributed by atoms with van der Waals surface area (Å²) >= 11 is 3.26. The van der Waals surface area contributed by atoms with Gasteiger partial charge in [-0.1, -0.05) is 5.16 Å². The second-order valence-corrected chi connectivity index (χ2v) is 5.07. The van der Waals surface area contributed by atoms with E-state index in [0.29, 0.717) is 13.0 Å². The van der Waals surface area contributed by atoms with Gasteiger partial charge in [-0.15, -0.1) is 0 Å². The lowest BCUT2D eigenvalue weighted by Crippen LogP contribution is -2.77. The minimum atomic E-state index is -0.910. The van der Waals surface area contributed by atoms with Crippen molar-refractivity contribution in [1.29, 1.82) is 0 Å². The third kappa shape index (κ3) is 1.00. The Bertz CT molecular complexity index is 329. The number of likely N-dealkylation sites (tertiary alicyclic amines) is 1. The minimum absolute atomic E-state index is 0.383. The Morgan fingerprint density at radius 1 is 1.71 bits per heavy atom. The molecule has 1 unspecified atom stereocenters. The molecule has 5 nitrogen and oxygen atoms in total. The maximum atomic E-state index is 10.8. The third-order valence-corrected chi connectivity index (χ3v) is 3.61. The first-order valence-corrected chi connectivity index (χ1v) is 5.09. The van der Waals surface area contributed by atoms with Crippen molar-refractivity contribution >= 4 is 26.6 Å². The number of nitrogens with zero attached hydrogens (tertiary/aromatic N) is 2. The van der Waals surface area contributed by atoms with E-state index in [-0.39, 0.29) is 0 Å². The lowest BCUT2D eigenvalue weighted by Gasteiger charge is -2.58. The Labute approximate surface area is 89.8 Å². The zero-order valence-electron chi connectivity index (χ0n) is 7.95. The van der Waals surface area contributed by atoms with E-state index in [1.54, 1.807) is 0 Å². The molecule has 2 rings (SSSR count). The number of halogens is 1. The molecule has 14 heavy (non-hydrogen) atoms. The molecular formula is C8H11BrN2O3. The summed E-state index contributed by atoms with van der Waals surface area (Å²) in [5.74, 6) is 0. The Morgan fingerprint density at radius 3 is 2.71 bits per heavy atom. The fourth-order valence-corrected chi connectivity index (χ4v) is 2.48. The van der Waals surface area contributed by atoms with Gasteiger partial charge in [-0.25, -0.2) is 4.79 Å². The fourth-order valence-electron chi connectivity index (χ4n) is 1.96. The minimum Gasteiger partial charge on any atom is -0.465 e. The van der Waals surface area contributed by atoms with Crippen molar-refractivity contribution in [1.82, 2.24) is 4.90 Å². The number of amides is 1. The van der Waals surface area contributed by atoms with Crippen LogP contribution in [-0.2, 0) is 4.84 Å². The van der Waals surface area contributed by atoms with Crippen molar-refractivity contribution in [3.05, 3.63) is 0 Å². The van der Waals surface area contributed by atoms with E-state index in [1.807, 2.05) is 13.8 Å². The Balaban J connectivity index is 2.18. The van der Waals surface area contributed by atoms with Crippen LogP contribution in [0.1, 0.15) is 20.3 Å². The summed E-state index contributed by atoms with van der Waals surface area (Å²) in [6.45, 7) is 4.09. The van der Waals surface area contributed by atoms with Crippen molar-refractivity contribution in [3.8, 4) is 0 Å². The first-order chi connectivity index (χ1) is 6.39. The molecule has 2 aliphatic heterocycles. The van der Waals surface area contributed by atoms with Gasteiger partial charge in [0.15, 0.2) is 5.60 Å². The van der Waals surface area contributed by atoms with E-state index >= 15 is 0 Å². The van der Waals surface area contributed by atoms with Crippen molar-refractivity contribution < 1.29 is 14.7 Å². The van der Waals surface area contributed by atoms with Gasteiger partial charge in [0, 0.05) is 6.42 Å². The van der Waals surface area contributed by atoms with Crippen LogP contribution in [0.3, 0.4) is 0 Å². The van der Waals surface area contributed by atoms with Crippen molar-refractivity contribution in [2.45, 2.75) is 31.4 Å². The molecule has 0 aromatic rings. The average Bonchev–Trinajstić information content (AvgIpc) is 2.45. The van der Waals surface area contributed by atoms with E-state index in [4.69, 9.17) is 9.94 Å². The monoisotopic (exact) mass is 262 g/mol. The predicted molar refractivity (Wildman–Crippen MR) is 53.6 cm³/mol. The maximum Gasteiger partial charge on any atom is 0.408 e. The van der Waals surface area contributed by atoms with Gasteiger partial charge in [-0.05, 0) is 29.8 Å². The Hall–Kier alpha value is -0.780. The number of rotatable bonds is 0. The third-order valence-electron chi connectivity index (χ3n) is 3.19. The van der Waals surface area contributed by atoms with Gasteiger partial charge in [0.2, 0.25) is 0 Å². The topological polar surface area (TPSA) is 62.1 Å². The SMILES string of the molecule is CC1(C)N(C(=O)O)CC12CC(Br)=NO2. The molecule has 0 aromatic carbocycles. The van der Waals surface area contributed by atoms with Gasteiger partial charge in [-0.2, -0.15) is 0 Å². The smallest absolute Gasteiger partial charge is 0.408 e. The first kappa shape index (κ1) is 9.76. The molecule has 1 N–H and O–H groups in total. The van der Waals surface area contributed by atoms with Gasteiger partial charge >= 0.3 is 6.09 Å². The highest BCUT2D eigenvalue weighted by molar-refractivity contribution is 9.18. The van der Waals surface area contributed by atoms with Crippen LogP contribution < -0.4 is 0 Å². The predicted octanol–water partition coefficient (Wildman–Crippen LogP) is 1.63. The molecule has 0 aromatic heterocycles. The largest absolute Gasteiger partial charge is 0.465 e. The number of hydrogen-bond acceptors (Lipinski definition) is 3. The van der Waals surface area contributed by atoms with Crippen LogP contribution in [0.15, 0.2) is 5.16 Å². The van der Waals surface area contributed by atoms with Crippen LogP contribution in [-0.4, -0.2) is 38.4 Å². The molecule has 2 aliphatic rings. The van der Waals surface area contributed by atoms with E-state index < -0.39 is 17.2 Å². The highest BCUT2D eigenvalue weighted by Gasteiger charge is 2.65. The summed E-state index contributed by atoms with van der Waals surface area (Å²) in [5, 5.41) is 12.7. The van der Waals surface area contributed by atoms with Gasteiger partial charge in [0.25, 0.3) is 0 Å². The standard InChI is InChI=1S/C8H11BrN2O3/c1-7(2)8(3-5(9)10-14-8)4-11(7)6(12)13/h3-4H2,1-2H3,(H,12,13). The molecule has 78 valence electrons. The van der Waals surface area contributed by atoms with Crippen molar-refractivity contribution in [2.75, 3.05) is 6.54 Å². The second kappa shape index (κ2) is 2.62. The molecule has 0 saturated carbocycles. The highest BCUT2D eigenvalue weighted by Crippen LogP contribution is 2.48. The van der Waals surface area contributed by atoms with Gasteiger partial charge < -0.3 is 9.94 Å². The molecule has 1 spiro atoms. The van der Waals surface area contributed by atoms with Crippen LogP contribution in [0, 0.1) is 0 Å². The number of carbonyl (C=O) groups is 1. The van der Waals surface area contributed by atoms with Gasteiger partial charge in [-0.3, -0.25) is 4.90 Å². The Morgan fingerprint density at radius 2 is 2.36 bits per heavy atom. The normalized spacial score (nSPS) is 33.6. The fraction of sp³-hybridized carbons (Fsp3) is 0.750. The Kier molecular flexibility index (Phi) is 1.83. The van der Waals surface area contributed by atoms with Gasteiger partial charge in [0.1, 0.15) is 4.62 Å². The maximum absolute atomic E-state index is 10.8. The molecule has 1 fully saturated rings. The average molecular weight is 263 g/mol.